The molecule has 2 rings (SSSR count). The van der Waals surface area contributed by atoms with E-state index >= 15 is 0 Å². The number of likely N-dealkylation sites (N-methyl/N-ethyl adjacent to an activating group) is 1. The van der Waals surface area contributed by atoms with Crippen molar-refractivity contribution < 1.29 is 5.11 Å². The van der Waals surface area contributed by atoms with Crippen molar-refractivity contribution in [1.82, 2.24) is 10.2 Å². The van der Waals surface area contributed by atoms with E-state index in [1.165, 1.54) is 58.0 Å². The van der Waals surface area contributed by atoms with E-state index in [4.69, 9.17) is 5.11 Å². The first kappa shape index (κ1) is 14.3. The van der Waals surface area contributed by atoms with Gasteiger partial charge in [-0.25, -0.2) is 0 Å². The Morgan fingerprint density at radius 2 is 1.89 bits per heavy atom. The zero-order valence-electron chi connectivity index (χ0n) is 11.9. The van der Waals surface area contributed by atoms with Crippen LogP contribution in [-0.4, -0.2) is 48.8 Å². The Morgan fingerprint density at radius 1 is 1.11 bits per heavy atom. The molecular formula is C15H30N2O. The van der Waals surface area contributed by atoms with Crippen LogP contribution in [0, 0.1) is 5.92 Å². The van der Waals surface area contributed by atoms with Crippen LogP contribution >= 0.6 is 0 Å². The van der Waals surface area contributed by atoms with Crippen molar-refractivity contribution in [3.05, 3.63) is 0 Å². The van der Waals surface area contributed by atoms with Gasteiger partial charge >= 0.3 is 0 Å². The Labute approximate surface area is 112 Å². The predicted octanol–water partition coefficient (Wildman–Crippen LogP) is 2.00. The Kier molecular flexibility index (Phi) is 5.93. The molecule has 0 aromatic carbocycles. The van der Waals surface area contributed by atoms with Gasteiger partial charge in [0.15, 0.2) is 0 Å². The summed E-state index contributed by atoms with van der Waals surface area (Å²) in [6, 6.07) is 1.45. The molecule has 3 nitrogen and oxygen atoms in total. The molecule has 1 aliphatic heterocycles. The molecular weight excluding hydrogens is 224 g/mol. The van der Waals surface area contributed by atoms with Crippen LogP contribution in [0.2, 0.25) is 0 Å². The Bertz CT molecular complexity index is 229. The predicted molar refractivity (Wildman–Crippen MR) is 75.7 cm³/mol. The van der Waals surface area contributed by atoms with Crippen molar-refractivity contribution in [2.24, 2.45) is 5.92 Å². The molecule has 0 aromatic rings. The van der Waals surface area contributed by atoms with Gasteiger partial charge in [0.2, 0.25) is 0 Å². The lowest BCUT2D eigenvalue weighted by Crippen LogP contribution is -2.51. The number of piperidine rings is 1. The van der Waals surface area contributed by atoms with Crippen molar-refractivity contribution in [1.29, 1.82) is 0 Å². The monoisotopic (exact) mass is 254 g/mol. The molecule has 0 bridgehead atoms. The van der Waals surface area contributed by atoms with E-state index in [0.717, 1.165) is 18.4 Å². The van der Waals surface area contributed by atoms with Gasteiger partial charge in [-0.2, -0.15) is 0 Å². The van der Waals surface area contributed by atoms with Gasteiger partial charge in [-0.3, -0.25) is 0 Å². The molecule has 3 heteroatoms. The minimum atomic E-state index is 0.348. The highest BCUT2D eigenvalue weighted by atomic mass is 16.2. The number of aliphatic hydroxyl groups is 1. The lowest BCUT2D eigenvalue weighted by Gasteiger charge is -2.38. The quantitative estimate of drug-likeness (QED) is 0.788. The van der Waals surface area contributed by atoms with Crippen LogP contribution in [0.15, 0.2) is 0 Å². The van der Waals surface area contributed by atoms with Crippen molar-refractivity contribution in [2.75, 3.05) is 26.7 Å². The van der Waals surface area contributed by atoms with E-state index in [0.29, 0.717) is 12.6 Å². The maximum Gasteiger partial charge on any atom is 0.0431 e. The third-order valence-electron chi connectivity index (χ3n) is 4.57. The molecule has 106 valence electrons. The fraction of sp³-hybridized carbons (Fsp3) is 1.00. The van der Waals surface area contributed by atoms with Gasteiger partial charge in [0.05, 0.1) is 0 Å². The summed E-state index contributed by atoms with van der Waals surface area (Å²) < 4.78 is 0. The lowest BCUT2D eigenvalue weighted by molar-refractivity contribution is 0.143. The van der Waals surface area contributed by atoms with Gasteiger partial charge in [-0.15, -0.1) is 0 Å². The second-order valence-electron chi connectivity index (χ2n) is 6.39. The first-order valence-corrected chi connectivity index (χ1v) is 7.83. The van der Waals surface area contributed by atoms with Crippen LogP contribution < -0.4 is 5.32 Å². The second-order valence-corrected chi connectivity index (χ2v) is 6.39. The van der Waals surface area contributed by atoms with Crippen LogP contribution in [-0.2, 0) is 0 Å². The van der Waals surface area contributed by atoms with Gasteiger partial charge in [-0.1, -0.05) is 19.3 Å². The topological polar surface area (TPSA) is 35.5 Å². The standard InChI is InChI=1S/C15H30N2O/c1-17-11-13(6-5-9-18)10-15(12-17)16-14-7-3-2-4-8-14/h13-16,18H,2-12H2,1H3. The molecule has 2 N–H and O–H groups in total. The minimum Gasteiger partial charge on any atom is -0.396 e. The van der Waals surface area contributed by atoms with Crippen LogP contribution in [0.5, 0.6) is 0 Å². The average molecular weight is 254 g/mol. The Morgan fingerprint density at radius 3 is 2.61 bits per heavy atom. The number of nitrogens with zero attached hydrogens (tertiary/aromatic N) is 1. The van der Waals surface area contributed by atoms with Crippen molar-refractivity contribution in [3.8, 4) is 0 Å². The highest BCUT2D eigenvalue weighted by Gasteiger charge is 2.26. The fourth-order valence-electron chi connectivity index (χ4n) is 3.76. The zero-order valence-corrected chi connectivity index (χ0v) is 11.9. The molecule has 1 heterocycles. The Hall–Kier alpha value is -0.120. The first-order chi connectivity index (χ1) is 8.78. The number of nitrogens with one attached hydrogen (secondary N) is 1. The lowest BCUT2D eigenvalue weighted by atomic mass is 9.88. The average Bonchev–Trinajstić information content (AvgIpc) is 2.37. The number of hydrogen-bond acceptors (Lipinski definition) is 3. The molecule has 0 radical (unpaired) electrons. The molecule has 0 spiro atoms. The number of aliphatic hydroxyl groups excluding tert-OH is 1. The van der Waals surface area contributed by atoms with E-state index < -0.39 is 0 Å². The summed E-state index contributed by atoms with van der Waals surface area (Å²) in [6.45, 7) is 2.76. The molecule has 2 atom stereocenters. The third kappa shape index (κ3) is 4.52. The normalized spacial score (nSPS) is 31.7. The number of rotatable bonds is 5. The van der Waals surface area contributed by atoms with E-state index in [1.807, 2.05) is 0 Å². The molecule has 0 aromatic heterocycles. The van der Waals surface area contributed by atoms with E-state index in [2.05, 4.69) is 17.3 Å². The molecule has 1 aliphatic carbocycles. The molecule has 1 saturated carbocycles. The molecule has 2 unspecified atom stereocenters. The van der Waals surface area contributed by atoms with Gasteiger partial charge in [0, 0.05) is 31.8 Å². The summed E-state index contributed by atoms with van der Waals surface area (Å²) in [5, 5.41) is 12.9. The zero-order chi connectivity index (χ0) is 12.8. The van der Waals surface area contributed by atoms with Crippen LogP contribution in [0.3, 0.4) is 0 Å². The summed E-state index contributed by atoms with van der Waals surface area (Å²) in [7, 11) is 2.24. The fourth-order valence-corrected chi connectivity index (χ4v) is 3.76. The van der Waals surface area contributed by atoms with E-state index in [-0.39, 0.29) is 0 Å². The smallest absolute Gasteiger partial charge is 0.0431 e. The van der Waals surface area contributed by atoms with Gasteiger partial charge < -0.3 is 15.3 Å². The highest BCUT2D eigenvalue weighted by Crippen LogP contribution is 2.23. The molecule has 18 heavy (non-hydrogen) atoms. The van der Waals surface area contributed by atoms with E-state index in [9.17, 15) is 0 Å². The SMILES string of the molecule is CN1CC(CCCO)CC(NC2CCCCC2)C1. The molecule has 1 saturated heterocycles. The first-order valence-electron chi connectivity index (χ1n) is 7.83. The second kappa shape index (κ2) is 7.46. The highest BCUT2D eigenvalue weighted by molar-refractivity contribution is 4.85. The van der Waals surface area contributed by atoms with Crippen LogP contribution in [0.1, 0.15) is 51.4 Å². The van der Waals surface area contributed by atoms with E-state index in [1.54, 1.807) is 0 Å². The van der Waals surface area contributed by atoms with Crippen LogP contribution in [0.4, 0.5) is 0 Å². The van der Waals surface area contributed by atoms with Crippen molar-refractivity contribution >= 4 is 0 Å². The molecule has 2 aliphatic rings. The molecule has 0 amide bonds. The van der Waals surface area contributed by atoms with Gasteiger partial charge in [0.1, 0.15) is 0 Å². The summed E-state index contributed by atoms with van der Waals surface area (Å²) in [5.41, 5.74) is 0. The van der Waals surface area contributed by atoms with Gasteiger partial charge in [0.25, 0.3) is 0 Å². The summed E-state index contributed by atoms with van der Waals surface area (Å²) >= 11 is 0. The summed E-state index contributed by atoms with van der Waals surface area (Å²) in [5.74, 6) is 0.775. The van der Waals surface area contributed by atoms with Crippen molar-refractivity contribution in [3.63, 3.8) is 0 Å². The largest absolute Gasteiger partial charge is 0.396 e. The maximum absolute atomic E-state index is 8.96. The van der Waals surface area contributed by atoms with Crippen LogP contribution in [0.25, 0.3) is 0 Å². The minimum absolute atomic E-state index is 0.348. The Balaban J connectivity index is 1.76. The maximum atomic E-state index is 8.96. The summed E-state index contributed by atoms with van der Waals surface area (Å²) in [4.78, 5) is 2.46. The van der Waals surface area contributed by atoms with Crippen molar-refractivity contribution in [2.45, 2.75) is 63.5 Å². The number of likely N-dealkylation sites (tertiary alicyclic amines) is 1. The molecule has 2 fully saturated rings. The number of hydrogen-bond donors (Lipinski definition) is 2. The third-order valence-corrected chi connectivity index (χ3v) is 4.57. The van der Waals surface area contributed by atoms with Gasteiger partial charge in [-0.05, 0) is 45.1 Å². The summed E-state index contributed by atoms with van der Waals surface area (Å²) in [6.07, 6.45) is 10.5.